The molecule has 1 aliphatic heterocycles. The molecule has 0 bridgehead atoms. The fourth-order valence-corrected chi connectivity index (χ4v) is 1.99. The highest BCUT2D eigenvalue weighted by Gasteiger charge is 2.31. The van der Waals surface area contributed by atoms with Crippen molar-refractivity contribution < 1.29 is 9.59 Å². The molecule has 0 aromatic rings. The quantitative estimate of drug-likeness (QED) is 0.668. The van der Waals surface area contributed by atoms with Crippen LogP contribution in [0.2, 0.25) is 0 Å². The third-order valence-electron chi connectivity index (χ3n) is 2.86. The maximum atomic E-state index is 12.0. The van der Waals surface area contributed by atoms with E-state index in [9.17, 15) is 9.59 Å². The number of rotatable bonds is 1. The van der Waals surface area contributed by atoms with Crippen LogP contribution in [0.3, 0.4) is 0 Å². The van der Waals surface area contributed by atoms with Gasteiger partial charge < -0.3 is 9.80 Å². The second kappa shape index (κ2) is 5.25. The van der Waals surface area contributed by atoms with Gasteiger partial charge in [0, 0.05) is 31.6 Å². The van der Waals surface area contributed by atoms with Crippen molar-refractivity contribution in [2.75, 3.05) is 26.2 Å². The van der Waals surface area contributed by atoms with Gasteiger partial charge >= 0.3 is 0 Å². The number of nitrogens with zero attached hydrogens (tertiary/aromatic N) is 2. The van der Waals surface area contributed by atoms with Gasteiger partial charge in [0.1, 0.15) is 5.38 Å². The molecule has 1 aliphatic rings. The van der Waals surface area contributed by atoms with Crippen molar-refractivity contribution in [1.82, 2.24) is 9.80 Å². The Balaban J connectivity index is 2.52. The summed E-state index contributed by atoms with van der Waals surface area (Å²) < 4.78 is 0. The highest BCUT2D eigenvalue weighted by molar-refractivity contribution is 6.30. The van der Waals surface area contributed by atoms with E-state index < -0.39 is 5.38 Å². The van der Waals surface area contributed by atoms with Crippen LogP contribution in [-0.2, 0) is 9.59 Å². The number of carbonyl (C=O) groups is 2. The Morgan fingerprint density at radius 1 is 1.06 bits per heavy atom. The monoisotopic (exact) mass is 260 g/mol. The van der Waals surface area contributed by atoms with Gasteiger partial charge in [-0.2, -0.15) is 0 Å². The molecule has 0 spiro atoms. The Hall–Kier alpha value is -0.770. The minimum absolute atomic E-state index is 0.0467. The van der Waals surface area contributed by atoms with Gasteiger partial charge in [0.2, 0.25) is 11.8 Å². The summed E-state index contributed by atoms with van der Waals surface area (Å²) in [4.78, 5) is 27.2. The summed E-state index contributed by atoms with van der Waals surface area (Å²) in [7, 11) is 0. The molecular formula is C12H21ClN2O2. The summed E-state index contributed by atoms with van der Waals surface area (Å²) in [6.07, 6.45) is 0. The minimum atomic E-state index is -0.486. The summed E-state index contributed by atoms with van der Waals surface area (Å²) >= 11 is 5.76. The normalized spacial score (nSPS) is 19.1. The van der Waals surface area contributed by atoms with E-state index in [0.717, 1.165) is 0 Å². The standard InChI is InChI=1S/C12H21ClN2O2/c1-9(13)10(16)14-5-7-15(8-6-14)11(17)12(2,3)4/h9H,5-8H2,1-4H3. The smallest absolute Gasteiger partial charge is 0.240 e. The van der Waals surface area contributed by atoms with E-state index in [1.807, 2.05) is 25.7 Å². The average Bonchev–Trinajstić information content (AvgIpc) is 2.26. The molecule has 2 amide bonds. The number of alkyl halides is 1. The molecule has 0 aromatic heterocycles. The predicted octanol–water partition coefficient (Wildman–Crippen LogP) is 1.33. The zero-order valence-corrected chi connectivity index (χ0v) is 11.8. The van der Waals surface area contributed by atoms with Crippen LogP contribution < -0.4 is 0 Å². The van der Waals surface area contributed by atoms with Gasteiger partial charge in [-0.05, 0) is 6.92 Å². The molecule has 1 fully saturated rings. The molecule has 0 aliphatic carbocycles. The summed E-state index contributed by atoms with van der Waals surface area (Å²) in [5.41, 5.74) is -0.355. The summed E-state index contributed by atoms with van der Waals surface area (Å²) in [6, 6.07) is 0. The van der Waals surface area contributed by atoms with Gasteiger partial charge in [-0.1, -0.05) is 20.8 Å². The van der Waals surface area contributed by atoms with E-state index in [1.165, 1.54) is 0 Å². The number of hydrogen-bond acceptors (Lipinski definition) is 2. The van der Waals surface area contributed by atoms with Gasteiger partial charge in [0.15, 0.2) is 0 Å². The first-order valence-electron chi connectivity index (χ1n) is 5.95. The van der Waals surface area contributed by atoms with Crippen LogP contribution in [-0.4, -0.2) is 53.2 Å². The van der Waals surface area contributed by atoms with E-state index in [4.69, 9.17) is 11.6 Å². The van der Waals surface area contributed by atoms with E-state index in [1.54, 1.807) is 11.8 Å². The maximum absolute atomic E-state index is 12.0. The zero-order valence-electron chi connectivity index (χ0n) is 11.0. The van der Waals surface area contributed by atoms with E-state index in [-0.39, 0.29) is 17.2 Å². The summed E-state index contributed by atoms with van der Waals surface area (Å²) in [5.74, 6) is 0.0954. The molecule has 1 atom stereocenters. The lowest BCUT2D eigenvalue weighted by Gasteiger charge is -2.38. The Morgan fingerprint density at radius 2 is 1.47 bits per heavy atom. The van der Waals surface area contributed by atoms with Crippen LogP contribution in [0.25, 0.3) is 0 Å². The molecule has 1 rings (SSSR count). The van der Waals surface area contributed by atoms with Crippen molar-refractivity contribution >= 4 is 23.4 Å². The highest BCUT2D eigenvalue weighted by Crippen LogP contribution is 2.19. The summed E-state index contributed by atoms with van der Waals surface area (Å²) in [6.45, 7) is 9.78. The lowest BCUT2D eigenvalue weighted by Crippen LogP contribution is -2.54. The molecular weight excluding hydrogens is 240 g/mol. The molecule has 0 N–H and O–H groups in total. The largest absolute Gasteiger partial charge is 0.339 e. The van der Waals surface area contributed by atoms with Gasteiger partial charge in [0.05, 0.1) is 0 Å². The van der Waals surface area contributed by atoms with Gasteiger partial charge in [-0.3, -0.25) is 9.59 Å². The fraction of sp³-hybridized carbons (Fsp3) is 0.833. The molecule has 98 valence electrons. The Labute approximate surface area is 108 Å². The molecule has 0 radical (unpaired) electrons. The Kier molecular flexibility index (Phi) is 4.42. The third kappa shape index (κ3) is 3.60. The van der Waals surface area contributed by atoms with Crippen LogP contribution >= 0.6 is 11.6 Å². The third-order valence-corrected chi connectivity index (χ3v) is 3.05. The van der Waals surface area contributed by atoms with Gasteiger partial charge in [-0.15, -0.1) is 11.6 Å². The highest BCUT2D eigenvalue weighted by atomic mass is 35.5. The molecule has 1 saturated heterocycles. The molecule has 17 heavy (non-hydrogen) atoms. The van der Waals surface area contributed by atoms with Gasteiger partial charge in [0.25, 0.3) is 0 Å². The van der Waals surface area contributed by atoms with Crippen LogP contribution in [0, 0.1) is 5.41 Å². The number of piperazine rings is 1. The molecule has 0 aromatic carbocycles. The van der Waals surface area contributed by atoms with E-state index >= 15 is 0 Å². The number of halogens is 1. The average molecular weight is 261 g/mol. The Morgan fingerprint density at radius 3 is 1.82 bits per heavy atom. The second-order valence-corrected chi connectivity index (χ2v) is 6.14. The first kappa shape index (κ1) is 14.3. The zero-order chi connectivity index (χ0) is 13.2. The van der Waals surface area contributed by atoms with Gasteiger partial charge in [-0.25, -0.2) is 0 Å². The van der Waals surface area contributed by atoms with Crippen LogP contribution in [0.1, 0.15) is 27.7 Å². The maximum Gasteiger partial charge on any atom is 0.240 e. The van der Waals surface area contributed by atoms with Crippen molar-refractivity contribution in [3.63, 3.8) is 0 Å². The first-order valence-corrected chi connectivity index (χ1v) is 6.39. The summed E-state index contributed by atoms with van der Waals surface area (Å²) in [5, 5.41) is -0.486. The second-order valence-electron chi connectivity index (χ2n) is 5.48. The SMILES string of the molecule is CC(Cl)C(=O)N1CCN(C(=O)C(C)(C)C)CC1. The molecule has 1 unspecified atom stereocenters. The number of carbonyl (C=O) groups excluding carboxylic acids is 2. The molecule has 5 heteroatoms. The van der Waals surface area contributed by atoms with Crippen molar-refractivity contribution in [1.29, 1.82) is 0 Å². The molecule has 1 heterocycles. The van der Waals surface area contributed by atoms with Crippen LogP contribution in [0.4, 0.5) is 0 Å². The Bertz CT molecular complexity index is 302. The van der Waals surface area contributed by atoms with Crippen molar-refractivity contribution in [3.05, 3.63) is 0 Å². The van der Waals surface area contributed by atoms with Crippen molar-refractivity contribution in [3.8, 4) is 0 Å². The topological polar surface area (TPSA) is 40.6 Å². The van der Waals surface area contributed by atoms with Crippen LogP contribution in [0.5, 0.6) is 0 Å². The fourth-order valence-electron chi connectivity index (χ4n) is 1.86. The van der Waals surface area contributed by atoms with Crippen LogP contribution in [0.15, 0.2) is 0 Å². The lowest BCUT2D eigenvalue weighted by atomic mass is 9.94. The van der Waals surface area contributed by atoms with E-state index in [0.29, 0.717) is 26.2 Å². The minimum Gasteiger partial charge on any atom is -0.339 e. The number of hydrogen-bond donors (Lipinski definition) is 0. The molecule has 4 nitrogen and oxygen atoms in total. The van der Waals surface area contributed by atoms with Crippen molar-refractivity contribution in [2.45, 2.75) is 33.1 Å². The predicted molar refractivity (Wildman–Crippen MR) is 67.9 cm³/mol. The number of amides is 2. The molecule has 0 saturated carbocycles. The first-order chi connectivity index (χ1) is 7.73. The lowest BCUT2D eigenvalue weighted by molar-refractivity contribution is -0.144. The van der Waals surface area contributed by atoms with Crippen molar-refractivity contribution in [2.24, 2.45) is 5.41 Å². The van der Waals surface area contributed by atoms with E-state index in [2.05, 4.69) is 0 Å².